The molecule has 0 N–H and O–H groups in total. The predicted molar refractivity (Wildman–Crippen MR) is 79.8 cm³/mol. The van der Waals surface area contributed by atoms with Crippen molar-refractivity contribution in [1.82, 2.24) is 4.90 Å². The minimum absolute atomic E-state index is 0.0915. The summed E-state index contributed by atoms with van der Waals surface area (Å²) in [5, 5.41) is 0. The second-order valence-corrected chi connectivity index (χ2v) is 5.15. The molecule has 1 aromatic carbocycles. The smallest absolute Gasteiger partial charge is 0.387 e. The van der Waals surface area contributed by atoms with E-state index in [1.165, 1.54) is 0 Å². The maximum absolute atomic E-state index is 12.4. The van der Waals surface area contributed by atoms with E-state index in [1.807, 2.05) is 13.0 Å². The molecule has 1 aromatic rings. The lowest BCUT2D eigenvalue weighted by atomic mass is 10.1. The van der Waals surface area contributed by atoms with Crippen molar-refractivity contribution in [2.75, 3.05) is 39.5 Å². The Bertz CT molecular complexity index is 451. The molecule has 0 unspecified atom stereocenters. The Morgan fingerprint density at radius 3 is 2.68 bits per heavy atom. The number of halogens is 2. The van der Waals surface area contributed by atoms with Gasteiger partial charge in [-0.3, -0.25) is 4.90 Å². The lowest BCUT2D eigenvalue weighted by Crippen LogP contribution is -2.36. The van der Waals surface area contributed by atoms with Gasteiger partial charge in [0.25, 0.3) is 0 Å². The maximum Gasteiger partial charge on any atom is 0.387 e. The van der Waals surface area contributed by atoms with Crippen molar-refractivity contribution >= 4 is 0 Å². The van der Waals surface area contributed by atoms with E-state index in [0.717, 1.165) is 51.3 Å². The number of ether oxygens (including phenoxy) is 3. The quantitative estimate of drug-likeness (QED) is 0.738. The lowest BCUT2D eigenvalue weighted by Gasteiger charge is -2.26. The summed E-state index contributed by atoms with van der Waals surface area (Å²) in [5.41, 5.74) is 1.07. The normalized spacial score (nSPS) is 16.0. The van der Waals surface area contributed by atoms with Gasteiger partial charge in [0, 0.05) is 13.1 Å². The highest BCUT2D eigenvalue weighted by Crippen LogP contribution is 2.30. The molecule has 0 saturated carbocycles. The molecule has 0 radical (unpaired) electrons. The van der Waals surface area contributed by atoms with Gasteiger partial charge in [0.15, 0.2) is 11.5 Å². The molecule has 124 valence electrons. The molecule has 6 heteroatoms. The molecule has 1 fully saturated rings. The van der Waals surface area contributed by atoms with Gasteiger partial charge in [-0.15, -0.1) is 0 Å². The van der Waals surface area contributed by atoms with Crippen molar-refractivity contribution in [2.24, 2.45) is 0 Å². The molecule has 0 atom stereocenters. The summed E-state index contributed by atoms with van der Waals surface area (Å²) < 4.78 is 39.9. The zero-order chi connectivity index (χ0) is 15.8. The van der Waals surface area contributed by atoms with Gasteiger partial charge in [-0.1, -0.05) is 6.07 Å². The molecule has 22 heavy (non-hydrogen) atoms. The Morgan fingerprint density at radius 1 is 1.23 bits per heavy atom. The molecule has 0 spiro atoms. The number of morpholine rings is 1. The van der Waals surface area contributed by atoms with Gasteiger partial charge in [0.1, 0.15) is 0 Å². The molecule has 1 aliphatic rings. The number of benzene rings is 1. The summed E-state index contributed by atoms with van der Waals surface area (Å²) in [6.45, 7) is 3.96. The van der Waals surface area contributed by atoms with E-state index < -0.39 is 6.61 Å². The van der Waals surface area contributed by atoms with Gasteiger partial charge < -0.3 is 14.2 Å². The number of hydrogen-bond acceptors (Lipinski definition) is 4. The highest BCUT2D eigenvalue weighted by atomic mass is 19.3. The highest BCUT2D eigenvalue weighted by molar-refractivity contribution is 5.43. The molecule has 1 aliphatic heterocycles. The maximum atomic E-state index is 12.4. The summed E-state index contributed by atoms with van der Waals surface area (Å²) >= 11 is 0. The van der Waals surface area contributed by atoms with Crippen molar-refractivity contribution < 1.29 is 23.0 Å². The third-order valence-electron chi connectivity index (χ3n) is 3.57. The van der Waals surface area contributed by atoms with Crippen LogP contribution in [0.1, 0.15) is 18.9 Å². The van der Waals surface area contributed by atoms with Crippen molar-refractivity contribution in [2.45, 2.75) is 26.4 Å². The fourth-order valence-corrected chi connectivity index (χ4v) is 2.50. The second kappa shape index (κ2) is 8.90. The summed E-state index contributed by atoms with van der Waals surface area (Å²) in [6.07, 6.45) is 1.90. The van der Waals surface area contributed by atoms with Crippen LogP contribution >= 0.6 is 0 Å². The zero-order valence-electron chi connectivity index (χ0n) is 12.9. The largest absolute Gasteiger partial charge is 0.490 e. The van der Waals surface area contributed by atoms with Crippen molar-refractivity contribution in [1.29, 1.82) is 0 Å². The fraction of sp³-hybridized carbons (Fsp3) is 0.625. The van der Waals surface area contributed by atoms with Crippen LogP contribution in [-0.4, -0.2) is 51.0 Å². The lowest BCUT2D eigenvalue weighted by molar-refractivity contribution is -0.0514. The van der Waals surface area contributed by atoms with Gasteiger partial charge >= 0.3 is 6.61 Å². The molecule has 1 heterocycles. The highest BCUT2D eigenvalue weighted by Gasteiger charge is 2.12. The summed E-state index contributed by atoms with van der Waals surface area (Å²) in [6, 6.07) is 5.17. The SMILES string of the molecule is CCOc1cc(CCCN2CCOCC2)ccc1OC(F)F. The molecule has 0 bridgehead atoms. The van der Waals surface area contributed by atoms with Gasteiger partial charge in [0.2, 0.25) is 0 Å². The van der Waals surface area contributed by atoms with E-state index in [2.05, 4.69) is 9.64 Å². The van der Waals surface area contributed by atoms with Crippen molar-refractivity contribution in [3.05, 3.63) is 23.8 Å². The molecule has 1 saturated heterocycles. The first kappa shape index (κ1) is 17.0. The van der Waals surface area contributed by atoms with Crippen LogP contribution in [0.15, 0.2) is 18.2 Å². The van der Waals surface area contributed by atoms with Gasteiger partial charge in [0.05, 0.1) is 19.8 Å². The van der Waals surface area contributed by atoms with Gasteiger partial charge in [-0.2, -0.15) is 8.78 Å². The predicted octanol–water partition coefficient (Wildman–Crippen LogP) is 2.95. The Morgan fingerprint density at radius 2 is 2.00 bits per heavy atom. The Hall–Kier alpha value is -1.40. The van der Waals surface area contributed by atoms with Crippen LogP contribution in [0.3, 0.4) is 0 Å². The van der Waals surface area contributed by atoms with Crippen LogP contribution in [0.25, 0.3) is 0 Å². The minimum Gasteiger partial charge on any atom is -0.490 e. The van der Waals surface area contributed by atoms with E-state index in [9.17, 15) is 8.78 Å². The number of rotatable bonds is 8. The third kappa shape index (κ3) is 5.42. The van der Waals surface area contributed by atoms with Gasteiger partial charge in [-0.25, -0.2) is 0 Å². The molecular formula is C16H23F2NO3. The Labute approximate surface area is 130 Å². The van der Waals surface area contributed by atoms with Crippen LogP contribution in [0.5, 0.6) is 11.5 Å². The molecule has 0 aromatic heterocycles. The minimum atomic E-state index is -2.84. The summed E-state index contributed by atoms with van der Waals surface area (Å²) in [5.74, 6) is 0.473. The number of alkyl halides is 2. The van der Waals surface area contributed by atoms with Crippen LogP contribution in [0, 0.1) is 0 Å². The van der Waals surface area contributed by atoms with E-state index >= 15 is 0 Å². The molecule has 0 aliphatic carbocycles. The third-order valence-corrected chi connectivity index (χ3v) is 3.57. The van der Waals surface area contributed by atoms with Crippen molar-refractivity contribution in [3.8, 4) is 11.5 Å². The average molecular weight is 315 g/mol. The van der Waals surface area contributed by atoms with E-state index in [0.29, 0.717) is 12.4 Å². The standard InChI is InChI=1S/C16H23F2NO3/c1-2-21-15-12-13(5-6-14(15)22-16(17)18)4-3-7-19-8-10-20-11-9-19/h5-6,12,16H,2-4,7-11H2,1H3. The number of hydrogen-bond donors (Lipinski definition) is 0. The van der Waals surface area contributed by atoms with Crippen molar-refractivity contribution in [3.63, 3.8) is 0 Å². The van der Waals surface area contributed by atoms with Crippen LogP contribution in [-0.2, 0) is 11.2 Å². The van der Waals surface area contributed by atoms with Crippen LogP contribution in [0.4, 0.5) is 8.78 Å². The molecular weight excluding hydrogens is 292 g/mol. The monoisotopic (exact) mass is 315 g/mol. The zero-order valence-corrected chi connectivity index (χ0v) is 12.9. The first-order valence-corrected chi connectivity index (χ1v) is 7.69. The Balaban J connectivity index is 1.88. The van der Waals surface area contributed by atoms with E-state index in [1.54, 1.807) is 12.1 Å². The number of aryl methyl sites for hydroxylation is 1. The topological polar surface area (TPSA) is 30.9 Å². The van der Waals surface area contributed by atoms with E-state index in [-0.39, 0.29) is 5.75 Å². The van der Waals surface area contributed by atoms with Crippen LogP contribution in [0.2, 0.25) is 0 Å². The van der Waals surface area contributed by atoms with Gasteiger partial charge in [-0.05, 0) is 44.0 Å². The fourth-order valence-electron chi connectivity index (χ4n) is 2.50. The second-order valence-electron chi connectivity index (χ2n) is 5.15. The molecule has 4 nitrogen and oxygen atoms in total. The first-order valence-electron chi connectivity index (χ1n) is 7.69. The van der Waals surface area contributed by atoms with Crippen LogP contribution < -0.4 is 9.47 Å². The number of nitrogens with zero attached hydrogens (tertiary/aromatic N) is 1. The van der Waals surface area contributed by atoms with E-state index in [4.69, 9.17) is 9.47 Å². The summed E-state index contributed by atoms with van der Waals surface area (Å²) in [4.78, 5) is 2.38. The molecule has 0 amide bonds. The average Bonchev–Trinajstić information content (AvgIpc) is 2.51. The Kier molecular flexibility index (Phi) is 6.86. The molecule has 2 rings (SSSR count). The summed E-state index contributed by atoms with van der Waals surface area (Å²) in [7, 11) is 0. The first-order chi connectivity index (χ1) is 10.7.